The molecule has 2 heterocycles. The summed E-state index contributed by atoms with van der Waals surface area (Å²) < 4.78 is 5.25. The molecule has 126 valence electrons. The van der Waals surface area contributed by atoms with Crippen molar-refractivity contribution in [3.8, 4) is 11.9 Å². The highest BCUT2D eigenvalue weighted by Gasteiger charge is 2.28. The van der Waals surface area contributed by atoms with Crippen molar-refractivity contribution >= 4 is 28.2 Å². The molecule has 0 bridgehead atoms. The van der Waals surface area contributed by atoms with E-state index in [0.29, 0.717) is 45.6 Å². The number of nitrogen functional groups attached to an aromatic ring is 2. The minimum Gasteiger partial charge on any atom is -0.466 e. The van der Waals surface area contributed by atoms with Crippen LogP contribution in [0, 0.1) is 17.2 Å². The number of ether oxygens (including phenoxy) is 1. The molecular weight excluding hydrogens is 304 g/mol. The minimum absolute atomic E-state index is 0.326. The van der Waals surface area contributed by atoms with E-state index in [2.05, 4.69) is 27.9 Å². The largest absolute Gasteiger partial charge is 0.466 e. The van der Waals surface area contributed by atoms with Crippen molar-refractivity contribution < 1.29 is 9.72 Å². The third-order valence-corrected chi connectivity index (χ3v) is 4.35. The van der Waals surface area contributed by atoms with Crippen LogP contribution < -0.4 is 26.1 Å². The van der Waals surface area contributed by atoms with Gasteiger partial charge in [0.1, 0.15) is 28.7 Å². The maximum absolute atomic E-state index is 9.78. The molecule has 0 spiro atoms. The summed E-state index contributed by atoms with van der Waals surface area (Å²) in [7, 11) is 1.55. The van der Waals surface area contributed by atoms with Crippen molar-refractivity contribution in [1.29, 1.82) is 5.26 Å². The van der Waals surface area contributed by atoms with Crippen LogP contribution in [-0.4, -0.2) is 25.2 Å². The molecule has 1 aliphatic rings. The number of aromatic amines is 1. The molecule has 0 atom stereocenters. The zero-order valence-corrected chi connectivity index (χ0v) is 14.1. The molecule has 7 heteroatoms. The predicted octanol–water partition coefficient (Wildman–Crippen LogP) is 1.72. The second-order valence-corrected chi connectivity index (χ2v) is 6.24. The van der Waals surface area contributed by atoms with Crippen molar-refractivity contribution in [3.05, 3.63) is 11.6 Å². The molecule has 1 aliphatic carbocycles. The Morgan fingerprint density at radius 1 is 1.46 bits per heavy atom. The number of hydrogen-bond acceptors (Lipinski definition) is 6. The monoisotopic (exact) mass is 327 g/mol. The van der Waals surface area contributed by atoms with Crippen LogP contribution in [0.4, 0.5) is 17.5 Å². The smallest absolute Gasteiger partial charge is 0.284 e. The van der Waals surface area contributed by atoms with E-state index in [0.717, 1.165) is 19.5 Å². The first-order chi connectivity index (χ1) is 11.6. The molecule has 1 fully saturated rings. The zero-order valence-electron chi connectivity index (χ0n) is 14.1. The van der Waals surface area contributed by atoms with Crippen LogP contribution in [0.25, 0.3) is 10.8 Å². The first kappa shape index (κ1) is 16.1. The van der Waals surface area contributed by atoms with Gasteiger partial charge in [-0.2, -0.15) is 5.26 Å². The van der Waals surface area contributed by atoms with Gasteiger partial charge in [-0.15, -0.1) is 0 Å². The van der Waals surface area contributed by atoms with Crippen LogP contribution in [0.15, 0.2) is 6.07 Å². The number of nitrogens with zero attached hydrogens (tertiary/aromatic N) is 3. The lowest BCUT2D eigenvalue weighted by molar-refractivity contribution is -0.374. The summed E-state index contributed by atoms with van der Waals surface area (Å²) in [4.78, 5) is 9.62. The van der Waals surface area contributed by atoms with E-state index in [9.17, 15) is 5.26 Å². The van der Waals surface area contributed by atoms with E-state index in [1.807, 2.05) is 0 Å². The number of methoxy groups -OCH3 is 1. The topological polar surface area (TPSA) is 115 Å². The third-order valence-electron chi connectivity index (χ3n) is 4.35. The number of pyridine rings is 2. The summed E-state index contributed by atoms with van der Waals surface area (Å²) in [5, 5.41) is 11.0. The Balaban J connectivity index is 2.22. The third kappa shape index (κ3) is 2.87. The summed E-state index contributed by atoms with van der Waals surface area (Å²) in [6, 6.07) is 4.05. The van der Waals surface area contributed by atoms with Crippen molar-refractivity contribution in [3.63, 3.8) is 0 Å². The fourth-order valence-corrected chi connectivity index (χ4v) is 3.01. The Hall–Kier alpha value is -2.75. The van der Waals surface area contributed by atoms with Gasteiger partial charge in [0.15, 0.2) is 0 Å². The van der Waals surface area contributed by atoms with Crippen LogP contribution in [0.2, 0.25) is 0 Å². The lowest BCUT2D eigenvalue weighted by Crippen LogP contribution is -2.29. The molecule has 0 saturated heterocycles. The zero-order chi connectivity index (χ0) is 17.3. The number of fused-ring (bicyclic) bond motifs is 1. The fourth-order valence-electron chi connectivity index (χ4n) is 3.01. The summed E-state index contributed by atoms with van der Waals surface area (Å²) in [5.41, 5.74) is 12.7. The van der Waals surface area contributed by atoms with Crippen LogP contribution in [0.3, 0.4) is 0 Å². The molecule has 2 aromatic rings. The van der Waals surface area contributed by atoms with Crippen LogP contribution in [-0.2, 0) is 0 Å². The molecule has 0 aliphatic heterocycles. The first-order valence-electron chi connectivity index (χ1n) is 8.23. The predicted molar refractivity (Wildman–Crippen MR) is 93.6 cm³/mol. The maximum atomic E-state index is 9.78. The SMILES string of the molecule is CCCN(CC1CC1)c1nc(N)c2c(N)[nH+]c(OC)cc2c1C#N. The molecular formula is C17H23N6O+. The van der Waals surface area contributed by atoms with Gasteiger partial charge in [-0.05, 0) is 25.2 Å². The van der Waals surface area contributed by atoms with E-state index in [4.69, 9.17) is 16.2 Å². The van der Waals surface area contributed by atoms with E-state index in [-0.39, 0.29) is 0 Å². The maximum Gasteiger partial charge on any atom is 0.284 e. The Morgan fingerprint density at radius 3 is 2.79 bits per heavy atom. The normalized spacial score (nSPS) is 13.7. The van der Waals surface area contributed by atoms with Gasteiger partial charge in [-0.25, -0.2) is 9.97 Å². The van der Waals surface area contributed by atoms with E-state index in [1.54, 1.807) is 13.2 Å². The lowest BCUT2D eigenvalue weighted by Gasteiger charge is -2.25. The number of nitrogens with one attached hydrogen (secondary N) is 1. The number of rotatable bonds is 6. The van der Waals surface area contributed by atoms with Gasteiger partial charge in [0, 0.05) is 24.5 Å². The van der Waals surface area contributed by atoms with Gasteiger partial charge in [0.05, 0.1) is 7.11 Å². The van der Waals surface area contributed by atoms with Crippen molar-refractivity contribution in [1.82, 2.24) is 4.98 Å². The summed E-state index contributed by atoms with van der Waals surface area (Å²) in [6.45, 7) is 3.87. The summed E-state index contributed by atoms with van der Waals surface area (Å²) >= 11 is 0. The molecule has 1 saturated carbocycles. The van der Waals surface area contributed by atoms with Crippen molar-refractivity contribution in [2.45, 2.75) is 26.2 Å². The average Bonchev–Trinajstić information content (AvgIpc) is 3.37. The molecule has 5 N–H and O–H groups in total. The first-order valence-corrected chi connectivity index (χ1v) is 8.23. The van der Waals surface area contributed by atoms with Crippen molar-refractivity contribution in [2.24, 2.45) is 5.92 Å². The van der Waals surface area contributed by atoms with Gasteiger partial charge >= 0.3 is 0 Å². The summed E-state index contributed by atoms with van der Waals surface area (Å²) in [6.07, 6.45) is 3.45. The number of H-pyrrole nitrogens is 1. The molecule has 24 heavy (non-hydrogen) atoms. The van der Waals surface area contributed by atoms with Gasteiger partial charge in [0.25, 0.3) is 11.7 Å². The number of nitrogens with two attached hydrogens (primary N) is 2. The Morgan fingerprint density at radius 2 is 2.21 bits per heavy atom. The number of nitriles is 1. The molecule has 0 aromatic carbocycles. The molecule has 0 amide bonds. The summed E-state index contributed by atoms with van der Waals surface area (Å²) in [5.74, 6) is 2.49. The van der Waals surface area contributed by atoms with E-state index >= 15 is 0 Å². The number of anilines is 3. The quantitative estimate of drug-likeness (QED) is 0.834. The average molecular weight is 327 g/mol. The minimum atomic E-state index is 0.326. The molecule has 0 unspecified atom stereocenters. The van der Waals surface area contributed by atoms with Crippen LogP contribution in [0.5, 0.6) is 5.88 Å². The molecule has 2 aromatic heterocycles. The van der Waals surface area contributed by atoms with Crippen LogP contribution in [0.1, 0.15) is 31.7 Å². The highest BCUT2D eigenvalue weighted by Crippen LogP contribution is 2.36. The van der Waals surface area contributed by atoms with E-state index < -0.39 is 0 Å². The second kappa shape index (κ2) is 6.40. The fraction of sp³-hybridized carbons (Fsp3) is 0.471. The van der Waals surface area contributed by atoms with Gasteiger partial charge in [0.2, 0.25) is 0 Å². The van der Waals surface area contributed by atoms with Crippen molar-refractivity contribution in [2.75, 3.05) is 36.6 Å². The second-order valence-electron chi connectivity index (χ2n) is 6.24. The van der Waals surface area contributed by atoms with Crippen LogP contribution >= 0.6 is 0 Å². The van der Waals surface area contributed by atoms with Gasteiger partial charge in [-0.1, -0.05) is 6.92 Å². The van der Waals surface area contributed by atoms with E-state index in [1.165, 1.54) is 12.8 Å². The number of aromatic nitrogens is 2. The van der Waals surface area contributed by atoms with Gasteiger partial charge in [-0.3, -0.25) is 5.73 Å². The highest BCUT2D eigenvalue weighted by atomic mass is 16.5. The molecule has 3 rings (SSSR count). The Labute approximate surface area is 141 Å². The number of hydrogen-bond donors (Lipinski definition) is 2. The Kier molecular flexibility index (Phi) is 4.30. The lowest BCUT2D eigenvalue weighted by atomic mass is 10.1. The molecule has 0 radical (unpaired) electrons. The standard InChI is InChI=1S/C17H22N6O/c1-3-6-23(9-10-4-5-10)17-12(8-18)11-7-13(24-2)21-15(19)14(11)16(20)22-17/h7,10H,3-6,9H2,1-2H3,(H2,19,21)(H2,20,22)/p+1. The molecule has 7 nitrogen and oxygen atoms in total. The van der Waals surface area contributed by atoms with Gasteiger partial charge < -0.3 is 15.4 Å². The highest BCUT2D eigenvalue weighted by molar-refractivity contribution is 6.03. The Bertz CT molecular complexity index is 809.